The van der Waals surface area contributed by atoms with E-state index >= 15 is 0 Å². The van der Waals surface area contributed by atoms with Gasteiger partial charge in [-0.2, -0.15) is 4.37 Å². The SMILES string of the molecule is CNC(=O)c1cc(NC(=O)c2nsc3ccccc23)c2n1CC(=O)N[C@H]2c1cc(F)ccc1Cl. The van der Waals surface area contributed by atoms with Crippen LogP contribution in [0.4, 0.5) is 10.1 Å². The Labute approximate surface area is 201 Å². The quantitative estimate of drug-likeness (QED) is 0.399. The van der Waals surface area contributed by atoms with Gasteiger partial charge < -0.3 is 20.5 Å². The van der Waals surface area contributed by atoms with Crippen LogP contribution < -0.4 is 16.0 Å². The summed E-state index contributed by atoms with van der Waals surface area (Å²) in [7, 11) is 1.46. The molecule has 3 N–H and O–H groups in total. The molecule has 1 aliphatic rings. The van der Waals surface area contributed by atoms with E-state index in [0.29, 0.717) is 16.6 Å². The summed E-state index contributed by atoms with van der Waals surface area (Å²) in [5.41, 5.74) is 1.39. The topological polar surface area (TPSA) is 105 Å². The molecule has 11 heteroatoms. The van der Waals surface area contributed by atoms with Crippen molar-refractivity contribution >= 4 is 56.6 Å². The third-order valence-corrected chi connectivity index (χ3v) is 6.76. The number of amides is 3. The van der Waals surface area contributed by atoms with Gasteiger partial charge in [0.05, 0.1) is 22.1 Å². The predicted molar refractivity (Wildman–Crippen MR) is 127 cm³/mol. The maximum absolute atomic E-state index is 14.1. The second-order valence-electron chi connectivity index (χ2n) is 7.64. The van der Waals surface area contributed by atoms with Crippen molar-refractivity contribution in [2.75, 3.05) is 12.4 Å². The van der Waals surface area contributed by atoms with E-state index in [4.69, 9.17) is 11.6 Å². The Morgan fingerprint density at radius 1 is 1.21 bits per heavy atom. The number of nitrogens with one attached hydrogen (secondary N) is 3. The molecule has 5 rings (SSSR count). The molecule has 3 amide bonds. The first kappa shape index (κ1) is 22.1. The third-order valence-electron chi connectivity index (χ3n) is 5.59. The monoisotopic (exact) mass is 497 g/mol. The number of hydrogen-bond donors (Lipinski definition) is 3. The molecule has 0 radical (unpaired) electrons. The van der Waals surface area contributed by atoms with Crippen LogP contribution in [-0.4, -0.2) is 33.7 Å². The zero-order chi connectivity index (χ0) is 24.0. The highest BCUT2D eigenvalue weighted by Gasteiger charge is 2.34. The molecule has 2 aromatic carbocycles. The minimum atomic E-state index is -0.898. The molecule has 0 unspecified atom stereocenters. The minimum absolute atomic E-state index is 0.156. The Bertz CT molecular complexity index is 1480. The van der Waals surface area contributed by atoms with Crippen molar-refractivity contribution < 1.29 is 18.8 Å². The van der Waals surface area contributed by atoms with Gasteiger partial charge in [0.2, 0.25) is 5.91 Å². The van der Waals surface area contributed by atoms with Crippen LogP contribution in [0, 0.1) is 5.82 Å². The smallest absolute Gasteiger partial charge is 0.276 e. The number of rotatable bonds is 4. The molecule has 2 aromatic heterocycles. The van der Waals surface area contributed by atoms with Crippen LogP contribution in [0.3, 0.4) is 0 Å². The third kappa shape index (κ3) is 3.70. The standard InChI is InChI=1S/C23H17ClFN5O3S/c1-26-22(32)16-9-15(27-23(33)20-12-4-2-3-5-17(12)34-29-20)21-19(28-18(31)10-30(16)21)13-8-11(25)6-7-14(13)24/h2-9,19H,10H2,1H3,(H,26,32)(H,27,33)(H,28,31)/t19-/m0/s1. The molecule has 0 saturated carbocycles. The number of carbonyl (C=O) groups excluding carboxylic acids is 3. The fraction of sp³-hybridized carbons (Fsp3) is 0.130. The van der Waals surface area contributed by atoms with Crippen molar-refractivity contribution in [1.29, 1.82) is 0 Å². The summed E-state index contributed by atoms with van der Waals surface area (Å²) in [6.07, 6.45) is 0. The number of halogens is 2. The van der Waals surface area contributed by atoms with Gasteiger partial charge in [-0.1, -0.05) is 29.8 Å². The highest BCUT2D eigenvalue weighted by atomic mass is 35.5. The van der Waals surface area contributed by atoms with E-state index in [9.17, 15) is 18.8 Å². The number of aromatic nitrogens is 2. The first-order valence-electron chi connectivity index (χ1n) is 10.2. The van der Waals surface area contributed by atoms with Crippen molar-refractivity contribution in [2.24, 2.45) is 0 Å². The van der Waals surface area contributed by atoms with Crippen molar-refractivity contribution in [2.45, 2.75) is 12.6 Å². The van der Waals surface area contributed by atoms with Gasteiger partial charge in [0.25, 0.3) is 11.8 Å². The molecule has 0 bridgehead atoms. The van der Waals surface area contributed by atoms with Crippen LogP contribution in [-0.2, 0) is 11.3 Å². The average molecular weight is 498 g/mol. The molecule has 0 spiro atoms. The summed E-state index contributed by atoms with van der Waals surface area (Å²) in [5.74, 6) is -1.85. The van der Waals surface area contributed by atoms with Gasteiger partial charge in [0.1, 0.15) is 23.7 Å². The Morgan fingerprint density at radius 2 is 2.00 bits per heavy atom. The molecule has 3 heterocycles. The van der Waals surface area contributed by atoms with Gasteiger partial charge in [-0.25, -0.2) is 4.39 Å². The summed E-state index contributed by atoms with van der Waals surface area (Å²) in [6.45, 7) is -0.156. The lowest BCUT2D eigenvalue weighted by molar-refractivity contribution is -0.123. The number of nitrogens with zero attached hydrogens (tertiary/aromatic N) is 2. The minimum Gasteiger partial charge on any atom is -0.354 e. The fourth-order valence-electron chi connectivity index (χ4n) is 4.07. The molecule has 0 aliphatic carbocycles. The second-order valence-corrected chi connectivity index (χ2v) is 8.85. The molecule has 0 fully saturated rings. The lowest BCUT2D eigenvalue weighted by Gasteiger charge is -2.29. The lowest BCUT2D eigenvalue weighted by atomic mass is 10.0. The first-order chi connectivity index (χ1) is 16.4. The van der Waals surface area contributed by atoms with Crippen LogP contribution in [0.5, 0.6) is 0 Å². The van der Waals surface area contributed by atoms with Crippen molar-refractivity contribution in [3.05, 3.63) is 82.0 Å². The molecule has 8 nitrogen and oxygen atoms in total. The summed E-state index contributed by atoms with van der Waals surface area (Å²) >= 11 is 7.54. The number of fused-ring (bicyclic) bond motifs is 2. The normalized spacial score (nSPS) is 15.0. The molecular formula is C23H17ClFN5O3S. The van der Waals surface area contributed by atoms with Gasteiger partial charge in [-0.05, 0) is 41.9 Å². The lowest BCUT2D eigenvalue weighted by Crippen LogP contribution is -2.40. The van der Waals surface area contributed by atoms with E-state index in [0.717, 1.165) is 4.70 Å². The zero-order valence-electron chi connectivity index (χ0n) is 17.7. The molecule has 4 aromatic rings. The molecule has 172 valence electrons. The highest BCUT2D eigenvalue weighted by molar-refractivity contribution is 7.13. The Morgan fingerprint density at radius 3 is 2.79 bits per heavy atom. The maximum Gasteiger partial charge on any atom is 0.276 e. The highest BCUT2D eigenvalue weighted by Crippen LogP contribution is 2.38. The average Bonchev–Trinajstić information content (AvgIpc) is 3.41. The largest absolute Gasteiger partial charge is 0.354 e. The van der Waals surface area contributed by atoms with E-state index < -0.39 is 23.7 Å². The molecule has 1 aliphatic heterocycles. The van der Waals surface area contributed by atoms with Crippen LogP contribution in [0.1, 0.15) is 38.3 Å². The number of anilines is 1. The van der Waals surface area contributed by atoms with Gasteiger partial charge in [0.15, 0.2) is 0 Å². The van der Waals surface area contributed by atoms with E-state index in [1.807, 2.05) is 18.2 Å². The number of hydrogen-bond acceptors (Lipinski definition) is 5. The zero-order valence-corrected chi connectivity index (χ0v) is 19.3. The number of carbonyl (C=O) groups is 3. The Hall–Kier alpha value is -3.76. The van der Waals surface area contributed by atoms with E-state index in [1.165, 1.54) is 47.4 Å². The Balaban J connectivity index is 1.64. The van der Waals surface area contributed by atoms with Crippen molar-refractivity contribution in [3.63, 3.8) is 0 Å². The second kappa shape index (κ2) is 8.54. The maximum atomic E-state index is 14.1. The molecule has 1 atom stereocenters. The molecule has 0 saturated heterocycles. The van der Waals surface area contributed by atoms with Crippen LogP contribution in [0.25, 0.3) is 10.1 Å². The van der Waals surface area contributed by atoms with Crippen molar-refractivity contribution in [1.82, 2.24) is 19.6 Å². The summed E-state index contributed by atoms with van der Waals surface area (Å²) in [5, 5.41) is 9.09. The number of benzene rings is 2. The fourth-order valence-corrected chi connectivity index (χ4v) is 5.07. The van der Waals surface area contributed by atoms with E-state index in [-0.39, 0.29) is 34.5 Å². The van der Waals surface area contributed by atoms with E-state index in [2.05, 4.69) is 20.3 Å². The van der Waals surface area contributed by atoms with E-state index in [1.54, 1.807) is 6.07 Å². The summed E-state index contributed by atoms with van der Waals surface area (Å²) in [4.78, 5) is 38.3. The van der Waals surface area contributed by atoms with Gasteiger partial charge in [0, 0.05) is 23.0 Å². The van der Waals surface area contributed by atoms with Gasteiger partial charge in [-0.15, -0.1) is 0 Å². The summed E-state index contributed by atoms with van der Waals surface area (Å²) < 4.78 is 20.7. The van der Waals surface area contributed by atoms with Crippen molar-refractivity contribution in [3.8, 4) is 0 Å². The Kier molecular flexibility index (Phi) is 5.54. The van der Waals surface area contributed by atoms with Crippen LogP contribution >= 0.6 is 23.1 Å². The van der Waals surface area contributed by atoms with Gasteiger partial charge >= 0.3 is 0 Å². The van der Waals surface area contributed by atoms with Crippen LogP contribution in [0.15, 0.2) is 48.5 Å². The van der Waals surface area contributed by atoms with Crippen LogP contribution in [0.2, 0.25) is 5.02 Å². The summed E-state index contributed by atoms with van der Waals surface area (Å²) in [6, 6.07) is 11.7. The predicted octanol–water partition coefficient (Wildman–Crippen LogP) is 3.72. The van der Waals surface area contributed by atoms with Gasteiger partial charge in [-0.3, -0.25) is 14.4 Å². The first-order valence-corrected chi connectivity index (χ1v) is 11.4. The molecular weight excluding hydrogens is 481 g/mol. The molecule has 34 heavy (non-hydrogen) atoms.